The lowest BCUT2D eigenvalue weighted by atomic mass is 9.96. The first-order valence-electron chi connectivity index (χ1n) is 10.9. The Morgan fingerprint density at radius 1 is 1.34 bits per heavy atom. The smallest absolute Gasteiger partial charge is 0.303 e. The second-order valence-electron chi connectivity index (χ2n) is 7.90. The molecule has 0 unspecified atom stereocenters. The highest BCUT2D eigenvalue weighted by Gasteiger charge is 2.50. The summed E-state index contributed by atoms with van der Waals surface area (Å²) in [6.07, 6.45) is 0.518. The maximum atomic E-state index is 12.1. The average molecular weight is 644 g/mol. The number of thioether (sulfide) groups is 1. The number of nitriles is 1. The van der Waals surface area contributed by atoms with Crippen LogP contribution in [0.3, 0.4) is 0 Å². The van der Waals surface area contributed by atoms with E-state index >= 15 is 0 Å². The number of ether oxygens (including phenoxy) is 4. The topological polar surface area (TPSA) is 151 Å². The first-order chi connectivity index (χ1) is 18.2. The van der Waals surface area contributed by atoms with Crippen LogP contribution in [0.1, 0.15) is 25.6 Å². The summed E-state index contributed by atoms with van der Waals surface area (Å²) < 4.78 is 25.2. The van der Waals surface area contributed by atoms with E-state index in [0.717, 1.165) is 0 Å². The molecule has 0 bridgehead atoms. The summed E-state index contributed by atoms with van der Waals surface area (Å²) in [6, 6.07) is 3.04. The number of methoxy groups -OCH3 is 1. The van der Waals surface area contributed by atoms with Gasteiger partial charge in [0, 0.05) is 41.9 Å². The van der Waals surface area contributed by atoms with Crippen molar-refractivity contribution in [2.75, 3.05) is 13.7 Å². The number of aromatic nitrogens is 5. The van der Waals surface area contributed by atoms with Crippen molar-refractivity contribution in [1.29, 1.82) is 5.26 Å². The Labute approximate surface area is 238 Å². The molecule has 4 heterocycles. The molecule has 0 radical (unpaired) electrons. The predicted molar refractivity (Wildman–Crippen MR) is 139 cm³/mol. The van der Waals surface area contributed by atoms with E-state index in [1.165, 1.54) is 54.9 Å². The molecule has 200 valence electrons. The van der Waals surface area contributed by atoms with Crippen LogP contribution in [0.5, 0.6) is 0 Å². The van der Waals surface area contributed by atoms with Crippen molar-refractivity contribution in [3.8, 4) is 16.8 Å². The van der Waals surface area contributed by atoms with Gasteiger partial charge in [-0.2, -0.15) is 5.26 Å². The molecule has 1 fully saturated rings. The van der Waals surface area contributed by atoms with Gasteiger partial charge in [0.15, 0.2) is 11.8 Å². The number of thiazole rings is 1. The lowest BCUT2D eigenvalue weighted by molar-refractivity contribution is -0.208. The molecule has 3 aromatic heterocycles. The van der Waals surface area contributed by atoms with Crippen LogP contribution in [-0.4, -0.2) is 74.4 Å². The van der Waals surface area contributed by atoms with Crippen molar-refractivity contribution >= 4 is 62.6 Å². The maximum Gasteiger partial charge on any atom is 0.303 e. The minimum atomic E-state index is -0.973. The Morgan fingerprint density at radius 2 is 2.13 bits per heavy atom. The van der Waals surface area contributed by atoms with Crippen molar-refractivity contribution in [1.82, 2.24) is 25.0 Å². The van der Waals surface area contributed by atoms with Gasteiger partial charge < -0.3 is 18.9 Å². The molecule has 12 nitrogen and oxygen atoms in total. The zero-order valence-electron chi connectivity index (χ0n) is 20.1. The van der Waals surface area contributed by atoms with Gasteiger partial charge in [-0.15, -0.1) is 16.4 Å². The van der Waals surface area contributed by atoms with Crippen LogP contribution in [0.25, 0.3) is 10.7 Å². The van der Waals surface area contributed by atoms with Crippen LogP contribution < -0.4 is 0 Å². The van der Waals surface area contributed by atoms with E-state index in [2.05, 4.69) is 42.3 Å². The summed E-state index contributed by atoms with van der Waals surface area (Å²) in [6.45, 7) is 2.32. The molecule has 0 aromatic carbocycles. The number of carbonyl (C=O) groups is 2. The number of hydrogen-bond donors (Lipinski definition) is 0. The number of carbonyl (C=O) groups excluding carboxylic acids is 2. The Kier molecular flexibility index (Phi) is 9.34. The zero-order chi connectivity index (χ0) is 27.4. The minimum Gasteiger partial charge on any atom is -0.463 e. The van der Waals surface area contributed by atoms with Gasteiger partial charge in [-0.3, -0.25) is 9.59 Å². The highest BCUT2D eigenvalue weighted by atomic mass is 79.9. The quantitative estimate of drug-likeness (QED) is 0.330. The largest absolute Gasteiger partial charge is 0.463 e. The summed E-state index contributed by atoms with van der Waals surface area (Å²) in [7, 11) is 1.48. The maximum absolute atomic E-state index is 12.1. The van der Waals surface area contributed by atoms with Crippen LogP contribution in [-0.2, 0) is 28.5 Å². The van der Waals surface area contributed by atoms with Gasteiger partial charge in [0.1, 0.15) is 52.2 Å². The lowest BCUT2D eigenvalue weighted by Crippen LogP contribution is -2.57. The minimum absolute atomic E-state index is 0.190. The van der Waals surface area contributed by atoms with Crippen LogP contribution in [0.4, 0.5) is 0 Å². The number of hydrogen-bond acceptors (Lipinski definition) is 13. The third-order valence-corrected chi connectivity index (χ3v) is 8.12. The highest BCUT2D eigenvalue weighted by Crippen LogP contribution is 2.42. The van der Waals surface area contributed by atoms with E-state index in [1.54, 1.807) is 17.6 Å². The monoisotopic (exact) mass is 642 g/mol. The van der Waals surface area contributed by atoms with Crippen LogP contribution in [0.15, 0.2) is 33.2 Å². The molecule has 16 heteroatoms. The Bertz CT molecular complexity index is 1370. The van der Waals surface area contributed by atoms with Gasteiger partial charge in [0.2, 0.25) is 0 Å². The third-order valence-electron chi connectivity index (χ3n) is 5.32. The standard InChI is InChI=1S/C22H20BrClN6O6S2/c1-10(31)34-8-15-19(35-11(2)32)18(30-7-14(28-29-30)21-27-17(24)9-37-21)20(33-3)22(36-15)38-16-4-12(23)6-26-13(16)5-25/h4,6-7,9,15,18-20,22H,8H2,1-3H3/t15-,18+,19+,20-,22-/m1/s1. The van der Waals surface area contributed by atoms with Gasteiger partial charge in [-0.25, -0.2) is 14.6 Å². The Balaban J connectivity index is 1.77. The summed E-state index contributed by atoms with van der Waals surface area (Å²) in [5.74, 6) is -1.11. The molecule has 4 rings (SSSR count). The molecule has 3 aromatic rings. The molecule has 1 aliphatic rings. The molecule has 5 atom stereocenters. The third kappa shape index (κ3) is 6.50. The van der Waals surface area contributed by atoms with Crippen LogP contribution >= 0.6 is 50.6 Å². The average Bonchev–Trinajstić information content (AvgIpc) is 3.52. The molecule has 0 saturated carbocycles. The van der Waals surface area contributed by atoms with Crippen LogP contribution in [0.2, 0.25) is 5.15 Å². The van der Waals surface area contributed by atoms with Crippen molar-refractivity contribution in [2.45, 2.75) is 48.5 Å². The fourth-order valence-electron chi connectivity index (χ4n) is 3.82. The van der Waals surface area contributed by atoms with Crippen LogP contribution in [0, 0.1) is 11.3 Å². The summed E-state index contributed by atoms with van der Waals surface area (Å²) in [5, 5.41) is 20.6. The van der Waals surface area contributed by atoms with Gasteiger partial charge in [0.05, 0.1) is 6.20 Å². The fourth-order valence-corrected chi connectivity index (χ4v) is 6.46. The van der Waals surface area contributed by atoms with Crippen molar-refractivity contribution in [3.05, 3.63) is 39.2 Å². The first-order valence-corrected chi connectivity index (χ1v) is 13.9. The molecule has 1 saturated heterocycles. The first kappa shape index (κ1) is 28.4. The number of esters is 2. The van der Waals surface area contributed by atoms with E-state index in [9.17, 15) is 14.9 Å². The van der Waals surface area contributed by atoms with Crippen molar-refractivity contribution in [3.63, 3.8) is 0 Å². The molecule has 38 heavy (non-hydrogen) atoms. The number of rotatable bonds is 8. The zero-order valence-corrected chi connectivity index (χ0v) is 24.1. The second kappa shape index (κ2) is 12.5. The summed E-state index contributed by atoms with van der Waals surface area (Å²) >= 11 is 11.8. The number of nitrogens with zero attached hydrogens (tertiary/aromatic N) is 6. The molecule has 0 N–H and O–H groups in total. The highest BCUT2D eigenvalue weighted by molar-refractivity contribution is 9.10. The normalized spacial score (nSPS) is 23.0. The Hall–Kier alpha value is -2.61. The predicted octanol–water partition coefficient (Wildman–Crippen LogP) is 3.65. The molecule has 0 amide bonds. The summed E-state index contributed by atoms with van der Waals surface area (Å²) in [4.78, 5) is 32.7. The van der Waals surface area contributed by atoms with E-state index in [4.69, 9.17) is 30.5 Å². The van der Waals surface area contributed by atoms with Crippen molar-refractivity contribution < 1.29 is 28.5 Å². The molecular formula is C22H20BrClN6O6S2. The molecule has 0 spiro atoms. The second-order valence-corrected chi connectivity index (χ2v) is 11.2. The van der Waals surface area contributed by atoms with Gasteiger partial charge in [-0.05, 0) is 22.0 Å². The van der Waals surface area contributed by atoms with Gasteiger partial charge in [0.25, 0.3) is 0 Å². The van der Waals surface area contributed by atoms with Gasteiger partial charge in [-0.1, -0.05) is 28.6 Å². The van der Waals surface area contributed by atoms with Crippen molar-refractivity contribution in [2.24, 2.45) is 0 Å². The number of pyridine rings is 1. The molecule has 1 aliphatic heterocycles. The van der Waals surface area contributed by atoms with E-state index in [-0.39, 0.29) is 12.3 Å². The SMILES string of the molecule is CO[C@@H]1[C@@H](n2cc(-c3nc(Cl)cs3)nn2)[C@@H](OC(C)=O)[C@@H](COC(C)=O)O[C@@H]1Sc1cc(Br)cnc1C#N. The molecule has 0 aliphatic carbocycles. The fraction of sp³-hybridized carbons (Fsp3) is 0.409. The Morgan fingerprint density at radius 3 is 2.76 bits per heavy atom. The lowest BCUT2D eigenvalue weighted by Gasteiger charge is -2.44. The van der Waals surface area contributed by atoms with E-state index < -0.39 is 41.7 Å². The number of halogens is 2. The van der Waals surface area contributed by atoms with Gasteiger partial charge >= 0.3 is 11.9 Å². The summed E-state index contributed by atoms with van der Waals surface area (Å²) in [5.41, 5.74) is -0.119. The van der Waals surface area contributed by atoms with E-state index in [0.29, 0.717) is 25.2 Å². The van der Waals surface area contributed by atoms with E-state index in [1.807, 2.05) is 0 Å². The molecular weight excluding hydrogens is 624 g/mol.